The van der Waals surface area contributed by atoms with E-state index in [2.05, 4.69) is 22.5 Å². The van der Waals surface area contributed by atoms with Crippen LogP contribution in [-0.2, 0) is 13.0 Å². The Morgan fingerprint density at radius 2 is 1.85 bits per heavy atom. The van der Waals surface area contributed by atoms with Gasteiger partial charge in [0.05, 0.1) is 11.9 Å². The summed E-state index contributed by atoms with van der Waals surface area (Å²) in [7, 11) is 0. The predicted octanol–water partition coefficient (Wildman–Crippen LogP) is 4.96. The van der Waals surface area contributed by atoms with Crippen molar-refractivity contribution in [2.45, 2.75) is 26.8 Å². The maximum absolute atomic E-state index is 12.9. The molecule has 0 saturated heterocycles. The molecule has 0 bridgehead atoms. The molecule has 0 aliphatic heterocycles. The zero-order valence-corrected chi connectivity index (χ0v) is 15.4. The van der Waals surface area contributed by atoms with E-state index in [0.717, 1.165) is 34.5 Å². The molecule has 0 fully saturated rings. The summed E-state index contributed by atoms with van der Waals surface area (Å²) in [4.78, 5) is 16.8. The molecule has 27 heavy (non-hydrogen) atoms. The van der Waals surface area contributed by atoms with Crippen molar-refractivity contribution in [3.63, 3.8) is 0 Å². The molecule has 2 N–H and O–H groups in total. The van der Waals surface area contributed by atoms with Gasteiger partial charge in [-0.2, -0.15) is 0 Å². The fourth-order valence-electron chi connectivity index (χ4n) is 2.82. The number of carbonyl (C=O) groups is 1. The number of hydrogen-bond acceptors (Lipinski definition) is 3. The maximum Gasteiger partial charge on any atom is 0.274 e. The molecular formula is C22H22FN3O. The standard InChI is InChI=1S/C22H22FN3O/c1-3-17-6-4-5-15(2)21(17)26-22(27)20-12-11-19(14-25-20)24-13-16-7-9-18(23)10-8-16/h4-12,14,24H,3,13H2,1-2H3,(H,26,27). The molecule has 3 rings (SSSR count). The van der Waals surface area contributed by atoms with Gasteiger partial charge in [0.2, 0.25) is 0 Å². The highest BCUT2D eigenvalue weighted by Gasteiger charge is 2.11. The van der Waals surface area contributed by atoms with E-state index in [1.807, 2.05) is 31.2 Å². The number of anilines is 2. The molecule has 138 valence electrons. The van der Waals surface area contributed by atoms with Crippen LogP contribution in [-0.4, -0.2) is 10.9 Å². The van der Waals surface area contributed by atoms with Crippen molar-refractivity contribution < 1.29 is 9.18 Å². The Balaban J connectivity index is 1.64. The summed E-state index contributed by atoms with van der Waals surface area (Å²) in [5, 5.41) is 6.18. The molecule has 0 radical (unpaired) electrons. The van der Waals surface area contributed by atoms with Gasteiger partial charge in [-0.05, 0) is 54.3 Å². The number of nitrogens with zero attached hydrogens (tertiary/aromatic N) is 1. The predicted molar refractivity (Wildman–Crippen MR) is 106 cm³/mol. The number of para-hydroxylation sites is 1. The van der Waals surface area contributed by atoms with Crippen LogP contribution in [0, 0.1) is 12.7 Å². The minimum Gasteiger partial charge on any atom is -0.380 e. The lowest BCUT2D eigenvalue weighted by Gasteiger charge is -2.13. The number of aryl methyl sites for hydroxylation is 2. The van der Waals surface area contributed by atoms with Gasteiger partial charge in [0.25, 0.3) is 5.91 Å². The lowest BCUT2D eigenvalue weighted by Crippen LogP contribution is -2.15. The third-order valence-electron chi connectivity index (χ3n) is 4.38. The number of amides is 1. The van der Waals surface area contributed by atoms with Gasteiger partial charge in [-0.15, -0.1) is 0 Å². The molecule has 2 aromatic carbocycles. The number of pyridine rings is 1. The summed E-state index contributed by atoms with van der Waals surface area (Å²) in [6.07, 6.45) is 2.47. The smallest absolute Gasteiger partial charge is 0.274 e. The molecule has 0 spiro atoms. The van der Waals surface area contributed by atoms with Crippen LogP contribution in [0.25, 0.3) is 0 Å². The van der Waals surface area contributed by atoms with Crippen molar-refractivity contribution in [3.8, 4) is 0 Å². The second-order valence-electron chi connectivity index (χ2n) is 6.33. The highest BCUT2D eigenvalue weighted by atomic mass is 19.1. The van der Waals surface area contributed by atoms with Crippen molar-refractivity contribution in [1.82, 2.24) is 4.98 Å². The monoisotopic (exact) mass is 363 g/mol. The average Bonchev–Trinajstić information content (AvgIpc) is 2.69. The molecule has 0 saturated carbocycles. The van der Waals surface area contributed by atoms with Crippen LogP contribution in [0.2, 0.25) is 0 Å². The van der Waals surface area contributed by atoms with Gasteiger partial charge in [-0.1, -0.05) is 37.3 Å². The van der Waals surface area contributed by atoms with E-state index in [0.29, 0.717) is 12.2 Å². The van der Waals surface area contributed by atoms with Crippen molar-refractivity contribution >= 4 is 17.3 Å². The van der Waals surface area contributed by atoms with Crippen molar-refractivity contribution in [2.24, 2.45) is 0 Å². The van der Waals surface area contributed by atoms with E-state index in [1.165, 1.54) is 12.1 Å². The van der Waals surface area contributed by atoms with E-state index < -0.39 is 0 Å². The van der Waals surface area contributed by atoms with Gasteiger partial charge in [0, 0.05) is 12.2 Å². The van der Waals surface area contributed by atoms with Crippen LogP contribution in [0.1, 0.15) is 34.1 Å². The number of nitrogens with one attached hydrogen (secondary N) is 2. The first-order valence-corrected chi connectivity index (χ1v) is 8.91. The van der Waals surface area contributed by atoms with Gasteiger partial charge < -0.3 is 10.6 Å². The van der Waals surface area contributed by atoms with Crippen LogP contribution < -0.4 is 10.6 Å². The number of benzene rings is 2. The molecule has 1 heterocycles. The minimum absolute atomic E-state index is 0.232. The zero-order valence-electron chi connectivity index (χ0n) is 15.4. The van der Waals surface area contributed by atoms with Gasteiger partial charge >= 0.3 is 0 Å². The average molecular weight is 363 g/mol. The topological polar surface area (TPSA) is 54.0 Å². The Bertz CT molecular complexity index is 921. The van der Waals surface area contributed by atoms with E-state index in [1.54, 1.807) is 24.4 Å². The normalized spacial score (nSPS) is 10.5. The summed E-state index contributed by atoms with van der Waals surface area (Å²) >= 11 is 0. The third-order valence-corrected chi connectivity index (χ3v) is 4.38. The molecule has 1 aromatic heterocycles. The summed E-state index contributed by atoms with van der Waals surface area (Å²) in [6.45, 7) is 4.59. The maximum atomic E-state index is 12.9. The van der Waals surface area contributed by atoms with Crippen molar-refractivity contribution in [3.05, 3.63) is 89.0 Å². The molecule has 0 aliphatic rings. The first-order valence-electron chi connectivity index (χ1n) is 8.91. The summed E-state index contributed by atoms with van der Waals surface area (Å²) in [5.41, 5.74) is 5.09. The fourth-order valence-corrected chi connectivity index (χ4v) is 2.82. The molecule has 1 amide bonds. The van der Waals surface area contributed by atoms with Gasteiger partial charge in [-0.3, -0.25) is 4.79 Å². The first kappa shape index (κ1) is 18.6. The van der Waals surface area contributed by atoms with Crippen LogP contribution in [0.4, 0.5) is 15.8 Å². The number of aromatic nitrogens is 1. The van der Waals surface area contributed by atoms with Gasteiger partial charge in [-0.25, -0.2) is 9.37 Å². The lowest BCUT2D eigenvalue weighted by molar-refractivity contribution is 0.102. The van der Waals surface area contributed by atoms with E-state index in [-0.39, 0.29) is 11.7 Å². The summed E-state index contributed by atoms with van der Waals surface area (Å²) in [5.74, 6) is -0.486. The van der Waals surface area contributed by atoms with Gasteiger partial charge in [0.1, 0.15) is 11.5 Å². The molecule has 0 aliphatic carbocycles. The highest BCUT2D eigenvalue weighted by Crippen LogP contribution is 2.22. The summed E-state index contributed by atoms with van der Waals surface area (Å²) in [6, 6.07) is 15.8. The fraction of sp³-hybridized carbons (Fsp3) is 0.182. The molecule has 3 aromatic rings. The minimum atomic E-state index is -0.254. The highest BCUT2D eigenvalue weighted by molar-refractivity contribution is 6.03. The van der Waals surface area contributed by atoms with Crippen LogP contribution >= 0.6 is 0 Å². The number of hydrogen-bond donors (Lipinski definition) is 2. The quantitative estimate of drug-likeness (QED) is 0.651. The SMILES string of the molecule is CCc1cccc(C)c1NC(=O)c1ccc(NCc2ccc(F)cc2)cn1. The zero-order chi connectivity index (χ0) is 19.2. The van der Waals surface area contributed by atoms with Crippen LogP contribution in [0.5, 0.6) is 0 Å². The Morgan fingerprint density at radius 1 is 1.07 bits per heavy atom. The van der Waals surface area contributed by atoms with E-state index in [4.69, 9.17) is 0 Å². The van der Waals surface area contributed by atoms with Crippen LogP contribution in [0.15, 0.2) is 60.8 Å². The second kappa shape index (κ2) is 8.45. The Hall–Kier alpha value is -3.21. The molecule has 4 nitrogen and oxygen atoms in total. The largest absolute Gasteiger partial charge is 0.380 e. The lowest BCUT2D eigenvalue weighted by atomic mass is 10.1. The molecule has 0 unspecified atom stereocenters. The number of halogens is 1. The third kappa shape index (κ3) is 4.70. The van der Waals surface area contributed by atoms with E-state index in [9.17, 15) is 9.18 Å². The Morgan fingerprint density at radius 3 is 2.52 bits per heavy atom. The Labute approximate surface area is 158 Å². The number of carbonyl (C=O) groups excluding carboxylic acids is 1. The van der Waals surface area contributed by atoms with Crippen molar-refractivity contribution in [2.75, 3.05) is 10.6 Å². The molecule has 5 heteroatoms. The summed E-state index contributed by atoms with van der Waals surface area (Å²) < 4.78 is 12.9. The van der Waals surface area contributed by atoms with E-state index >= 15 is 0 Å². The first-order chi connectivity index (χ1) is 13.1. The van der Waals surface area contributed by atoms with Gasteiger partial charge in [0.15, 0.2) is 0 Å². The van der Waals surface area contributed by atoms with Crippen molar-refractivity contribution in [1.29, 1.82) is 0 Å². The van der Waals surface area contributed by atoms with Crippen LogP contribution in [0.3, 0.4) is 0 Å². The number of rotatable bonds is 6. The molecule has 0 atom stereocenters. The second-order valence-corrected chi connectivity index (χ2v) is 6.33. The Kier molecular flexibility index (Phi) is 5.81. The molecular weight excluding hydrogens is 341 g/mol.